The molecule has 0 saturated carbocycles. The summed E-state index contributed by atoms with van der Waals surface area (Å²) in [5.41, 5.74) is 0.984. The second-order valence-electron chi connectivity index (χ2n) is 5.75. The number of carbonyl (C=O) groups is 1. The molecule has 134 valence electrons. The Balaban J connectivity index is 2.26. The first-order valence-corrected chi connectivity index (χ1v) is 9.89. The van der Waals surface area contributed by atoms with Crippen molar-refractivity contribution in [1.29, 1.82) is 0 Å². The van der Waals surface area contributed by atoms with Crippen LogP contribution in [0.4, 0.5) is 5.69 Å². The first kappa shape index (κ1) is 19.1. The number of carbonyl (C=O) groups excluding carboxylic acids is 1. The van der Waals surface area contributed by atoms with Gasteiger partial charge < -0.3 is 5.32 Å². The second kappa shape index (κ2) is 8.78. The molecule has 6 heteroatoms. The first-order valence-electron chi connectivity index (χ1n) is 8.45. The smallest absolute Gasteiger partial charge is 0.255 e. The van der Waals surface area contributed by atoms with Gasteiger partial charge in [0.1, 0.15) is 0 Å². The van der Waals surface area contributed by atoms with E-state index in [0.29, 0.717) is 24.3 Å². The van der Waals surface area contributed by atoms with Crippen LogP contribution >= 0.6 is 0 Å². The summed E-state index contributed by atoms with van der Waals surface area (Å²) in [7, 11) is -3.60. The molecule has 0 heterocycles. The zero-order valence-electron chi connectivity index (χ0n) is 14.6. The maximum atomic E-state index is 12.8. The maximum absolute atomic E-state index is 12.8. The van der Waals surface area contributed by atoms with Gasteiger partial charge in [-0.3, -0.25) is 4.79 Å². The van der Waals surface area contributed by atoms with Gasteiger partial charge in [-0.2, -0.15) is 4.31 Å². The second-order valence-corrected chi connectivity index (χ2v) is 7.69. The van der Waals surface area contributed by atoms with Crippen LogP contribution in [0.5, 0.6) is 0 Å². The third kappa shape index (κ3) is 4.90. The van der Waals surface area contributed by atoms with Crippen molar-refractivity contribution in [1.82, 2.24) is 4.31 Å². The van der Waals surface area contributed by atoms with Gasteiger partial charge in [0.05, 0.1) is 4.90 Å². The van der Waals surface area contributed by atoms with Crippen molar-refractivity contribution >= 4 is 21.6 Å². The predicted octanol–water partition coefficient (Wildman–Crippen LogP) is 3.75. The number of sulfonamides is 1. The third-order valence-corrected chi connectivity index (χ3v) is 5.61. The van der Waals surface area contributed by atoms with Crippen LogP contribution in [0, 0.1) is 0 Å². The summed E-state index contributed by atoms with van der Waals surface area (Å²) in [4.78, 5) is 12.5. The number of nitrogens with one attached hydrogen (secondary N) is 1. The molecule has 2 aromatic carbocycles. The lowest BCUT2D eigenvalue weighted by atomic mass is 10.2. The van der Waals surface area contributed by atoms with E-state index in [0.717, 1.165) is 12.8 Å². The summed E-state index contributed by atoms with van der Waals surface area (Å²) in [6.07, 6.45) is 1.49. The molecule has 0 bridgehead atoms. The van der Waals surface area contributed by atoms with E-state index in [1.165, 1.54) is 16.4 Å². The fourth-order valence-electron chi connectivity index (χ4n) is 2.52. The van der Waals surface area contributed by atoms with Crippen LogP contribution in [0.2, 0.25) is 0 Å². The Morgan fingerprint density at radius 1 is 0.960 bits per heavy atom. The topological polar surface area (TPSA) is 66.5 Å². The van der Waals surface area contributed by atoms with Crippen LogP contribution < -0.4 is 5.32 Å². The van der Waals surface area contributed by atoms with E-state index in [4.69, 9.17) is 0 Å². The SMILES string of the molecule is CCCN(CCC)S(=O)(=O)c1cccc(C(=O)Nc2ccccc2)c1. The van der Waals surface area contributed by atoms with Crippen molar-refractivity contribution < 1.29 is 13.2 Å². The maximum Gasteiger partial charge on any atom is 0.255 e. The lowest BCUT2D eigenvalue weighted by molar-refractivity contribution is 0.102. The minimum Gasteiger partial charge on any atom is -0.322 e. The van der Waals surface area contributed by atoms with Gasteiger partial charge in [0, 0.05) is 24.3 Å². The quantitative estimate of drug-likeness (QED) is 0.780. The predicted molar refractivity (Wildman–Crippen MR) is 100 cm³/mol. The van der Waals surface area contributed by atoms with Crippen LogP contribution in [0.3, 0.4) is 0 Å². The van der Waals surface area contributed by atoms with Crippen LogP contribution in [0.1, 0.15) is 37.0 Å². The average Bonchev–Trinajstić information content (AvgIpc) is 2.62. The van der Waals surface area contributed by atoms with Gasteiger partial charge in [-0.05, 0) is 43.2 Å². The number of para-hydroxylation sites is 1. The molecule has 0 radical (unpaired) electrons. The molecule has 0 aromatic heterocycles. The van der Waals surface area contributed by atoms with Crippen LogP contribution in [0.25, 0.3) is 0 Å². The molecular weight excluding hydrogens is 336 g/mol. The van der Waals surface area contributed by atoms with Gasteiger partial charge >= 0.3 is 0 Å². The first-order chi connectivity index (χ1) is 12.0. The van der Waals surface area contributed by atoms with Crippen molar-refractivity contribution in [2.24, 2.45) is 0 Å². The summed E-state index contributed by atoms with van der Waals surface area (Å²) in [5.74, 6) is -0.333. The number of rotatable bonds is 8. The van der Waals surface area contributed by atoms with Crippen molar-refractivity contribution in [2.45, 2.75) is 31.6 Å². The molecule has 0 aliphatic carbocycles. The summed E-state index contributed by atoms with van der Waals surface area (Å²) < 4.78 is 27.2. The molecule has 25 heavy (non-hydrogen) atoms. The Bertz CT molecular complexity index is 798. The number of benzene rings is 2. The molecule has 0 aliphatic rings. The number of amides is 1. The van der Waals surface area contributed by atoms with E-state index in [-0.39, 0.29) is 10.8 Å². The van der Waals surface area contributed by atoms with E-state index >= 15 is 0 Å². The molecule has 0 fully saturated rings. The monoisotopic (exact) mass is 360 g/mol. The van der Waals surface area contributed by atoms with Gasteiger partial charge in [0.25, 0.3) is 5.91 Å². The van der Waals surface area contributed by atoms with E-state index in [2.05, 4.69) is 5.32 Å². The van der Waals surface area contributed by atoms with Crippen molar-refractivity contribution in [3.05, 3.63) is 60.2 Å². The van der Waals surface area contributed by atoms with Gasteiger partial charge in [-0.25, -0.2) is 8.42 Å². The zero-order chi connectivity index (χ0) is 18.3. The van der Waals surface area contributed by atoms with Crippen molar-refractivity contribution in [3.8, 4) is 0 Å². The lowest BCUT2D eigenvalue weighted by Crippen LogP contribution is -2.32. The molecule has 1 N–H and O–H groups in total. The number of nitrogens with zero attached hydrogens (tertiary/aromatic N) is 1. The highest BCUT2D eigenvalue weighted by atomic mass is 32.2. The highest BCUT2D eigenvalue weighted by molar-refractivity contribution is 7.89. The minimum absolute atomic E-state index is 0.148. The number of hydrogen-bond acceptors (Lipinski definition) is 3. The number of anilines is 1. The van der Waals surface area contributed by atoms with Crippen LogP contribution in [-0.4, -0.2) is 31.7 Å². The van der Waals surface area contributed by atoms with E-state index in [1.807, 2.05) is 32.0 Å². The van der Waals surface area contributed by atoms with Crippen LogP contribution in [-0.2, 0) is 10.0 Å². The van der Waals surface area contributed by atoms with Gasteiger partial charge in [0.2, 0.25) is 10.0 Å². The summed E-state index contributed by atoms with van der Waals surface area (Å²) in [6.45, 7) is 4.83. The molecule has 0 aliphatic heterocycles. The van der Waals surface area contributed by atoms with Gasteiger partial charge in [-0.1, -0.05) is 38.1 Å². The third-order valence-electron chi connectivity index (χ3n) is 3.71. The Morgan fingerprint density at radius 3 is 2.20 bits per heavy atom. The fourth-order valence-corrected chi connectivity index (χ4v) is 4.19. The molecule has 0 spiro atoms. The van der Waals surface area contributed by atoms with Crippen LogP contribution in [0.15, 0.2) is 59.5 Å². The lowest BCUT2D eigenvalue weighted by Gasteiger charge is -2.21. The summed E-state index contributed by atoms with van der Waals surface area (Å²) in [5, 5.41) is 2.77. The molecule has 0 unspecified atom stereocenters. The van der Waals surface area contributed by atoms with Gasteiger partial charge in [-0.15, -0.1) is 0 Å². The molecule has 2 rings (SSSR count). The average molecular weight is 360 g/mol. The van der Waals surface area contributed by atoms with Crippen molar-refractivity contribution in [2.75, 3.05) is 18.4 Å². The molecule has 0 saturated heterocycles. The zero-order valence-corrected chi connectivity index (χ0v) is 15.4. The van der Waals surface area contributed by atoms with Gasteiger partial charge in [0.15, 0.2) is 0 Å². The highest BCUT2D eigenvalue weighted by Crippen LogP contribution is 2.19. The molecule has 2 aromatic rings. The van der Waals surface area contributed by atoms with E-state index < -0.39 is 10.0 Å². The minimum atomic E-state index is -3.60. The highest BCUT2D eigenvalue weighted by Gasteiger charge is 2.23. The molecular formula is C19H24N2O3S. The molecule has 1 amide bonds. The van der Waals surface area contributed by atoms with E-state index in [9.17, 15) is 13.2 Å². The largest absolute Gasteiger partial charge is 0.322 e. The molecule has 5 nitrogen and oxygen atoms in total. The number of hydrogen-bond donors (Lipinski definition) is 1. The summed E-state index contributed by atoms with van der Waals surface area (Å²) in [6, 6.07) is 15.3. The molecule has 0 atom stereocenters. The fraction of sp³-hybridized carbons (Fsp3) is 0.316. The Morgan fingerprint density at radius 2 is 1.60 bits per heavy atom. The summed E-state index contributed by atoms with van der Waals surface area (Å²) >= 11 is 0. The van der Waals surface area contributed by atoms with E-state index in [1.54, 1.807) is 24.3 Å². The standard InChI is InChI=1S/C19H24N2O3S/c1-3-13-21(14-4-2)25(23,24)18-12-8-9-16(15-18)19(22)20-17-10-6-5-7-11-17/h5-12,15H,3-4,13-14H2,1-2H3,(H,20,22). The van der Waals surface area contributed by atoms with Crippen molar-refractivity contribution in [3.63, 3.8) is 0 Å². The Hall–Kier alpha value is -2.18. The normalized spacial score (nSPS) is 11.5. The Kier molecular flexibility index (Phi) is 6.73. The Labute approximate surface area is 149 Å².